The van der Waals surface area contributed by atoms with Crippen LogP contribution < -0.4 is 20.5 Å². The SMILES string of the molecule is CCCCCC(C(=O)CCc1ccc2c(c1)OC1C(C#CC(O)c3ccc4c(c3CC3=CN=C5CN1C=C35)CCNC4N)C1(C#CO2)CCCC1)C(O)C1C=CC(C)CC1O. The van der Waals surface area contributed by atoms with Crippen molar-refractivity contribution in [1.29, 1.82) is 0 Å². The summed E-state index contributed by atoms with van der Waals surface area (Å²) in [6.45, 7) is 5.48. The number of aliphatic hydroxyl groups excluding tert-OH is 3. The maximum Gasteiger partial charge on any atom is 0.187 e. The lowest BCUT2D eigenvalue weighted by Crippen LogP contribution is -2.47. The first kappa shape index (κ1) is 41.7. The van der Waals surface area contributed by atoms with Crippen LogP contribution in [0.1, 0.15) is 118 Å². The second-order valence-electron chi connectivity index (χ2n) is 18.5. The highest BCUT2D eigenvalue weighted by molar-refractivity contribution is 6.09. The molecule has 0 aromatic heterocycles. The van der Waals surface area contributed by atoms with Gasteiger partial charge in [0.1, 0.15) is 18.0 Å². The van der Waals surface area contributed by atoms with Crippen LogP contribution >= 0.6 is 0 Å². The van der Waals surface area contributed by atoms with Crippen LogP contribution in [-0.4, -0.2) is 63.2 Å². The minimum atomic E-state index is -1.03. The second-order valence-corrected chi connectivity index (χ2v) is 18.5. The maximum absolute atomic E-state index is 14.0. The first-order chi connectivity index (χ1) is 29.6. The van der Waals surface area contributed by atoms with Crippen LogP contribution in [0, 0.1) is 53.0 Å². The number of nitrogens with two attached hydrogens (primary N) is 1. The molecular weight excluding hydrogens is 765 g/mol. The summed E-state index contributed by atoms with van der Waals surface area (Å²) in [5.74, 6) is 10.3. The quantitative estimate of drug-likeness (QED) is 0.103. The number of benzene rings is 2. The minimum absolute atomic E-state index is 0.00672. The Morgan fingerprint density at radius 2 is 1.92 bits per heavy atom. The number of aliphatic imine (C=N–C) groups is 1. The third kappa shape index (κ3) is 8.22. The molecule has 0 amide bonds. The number of carbonyl (C=O) groups is 1. The average molecular weight is 825 g/mol. The zero-order chi connectivity index (χ0) is 42.3. The van der Waals surface area contributed by atoms with Gasteiger partial charge in [0.25, 0.3) is 0 Å². The number of unbranched alkanes of at least 4 members (excludes halogenated alkanes) is 2. The molecular formula is C51H60N4O6. The molecule has 2 aromatic rings. The molecule has 9 rings (SSSR count). The molecule has 10 nitrogen and oxygen atoms in total. The van der Waals surface area contributed by atoms with E-state index in [2.05, 4.69) is 54.1 Å². The van der Waals surface area contributed by atoms with Gasteiger partial charge in [0.15, 0.2) is 17.7 Å². The van der Waals surface area contributed by atoms with Crippen LogP contribution in [0.4, 0.5) is 0 Å². The van der Waals surface area contributed by atoms with Gasteiger partial charge in [-0.15, -0.1) is 0 Å². The number of fused-ring (bicyclic) bond motifs is 8. The highest BCUT2D eigenvalue weighted by Gasteiger charge is 2.49. The van der Waals surface area contributed by atoms with Crippen LogP contribution in [0.25, 0.3) is 0 Å². The number of hydrogen-bond acceptors (Lipinski definition) is 10. The van der Waals surface area contributed by atoms with Gasteiger partial charge in [0.05, 0.1) is 42.0 Å². The Morgan fingerprint density at radius 3 is 2.74 bits per heavy atom. The van der Waals surface area contributed by atoms with Gasteiger partial charge in [-0.25, -0.2) is 0 Å². The fraction of sp³-hybridized carbons (Fsp3) is 0.529. The third-order valence-electron chi connectivity index (χ3n) is 14.4. The molecule has 1 spiro atoms. The van der Waals surface area contributed by atoms with Crippen molar-refractivity contribution in [3.63, 3.8) is 0 Å². The van der Waals surface area contributed by atoms with Crippen molar-refractivity contribution in [2.24, 2.45) is 39.8 Å². The molecule has 5 aliphatic heterocycles. The first-order valence-electron chi connectivity index (χ1n) is 22.7. The molecule has 10 heteroatoms. The lowest BCUT2D eigenvalue weighted by Gasteiger charge is -2.39. The monoisotopic (exact) mass is 824 g/mol. The van der Waals surface area contributed by atoms with E-state index in [4.69, 9.17) is 20.2 Å². The molecule has 2 bridgehead atoms. The molecule has 9 unspecified atom stereocenters. The van der Waals surface area contributed by atoms with Gasteiger partial charge in [0, 0.05) is 49.2 Å². The Bertz CT molecular complexity index is 2280. The lowest BCUT2D eigenvalue weighted by atomic mass is 9.73. The molecule has 7 aliphatic rings. The van der Waals surface area contributed by atoms with E-state index < -0.39 is 47.7 Å². The zero-order valence-electron chi connectivity index (χ0n) is 35.5. The second kappa shape index (κ2) is 17.6. The molecule has 5 heterocycles. The summed E-state index contributed by atoms with van der Waals surface area (Å²) in [7, 11) is 0. The van der Waals surface area contributed by atoms with Gasteiger partial charge in [-0.05, 0) is 90.0 Å². The van der Waals surface area contributed by atoms with Crippen molar-refractivity contribution in [3.05, 3.63) is 93.8 Å². The summed E-state index contributed by atoms with van der Waals surface area (Å²) >= 11 is 0. The lowest BCUT2D eigenvalue weighted by molar-refractivity contribution is -0.129. The Hall–Kier alpha value is -4.68. The smallest absolute Gasteiger partial charge is 0.187 e. The Labute approximate surface area is 360 Å². The van der Waals surface area contributed by atoms with Gasteiger partial charge in [-0.1, -0.05) is 94.1 Å². The molecule has 320 valence electrons. The maximum atomic E-state index is 14.0. The van der Waals surface area contributed by atoms with Gasteiger partial charge >= 0.3 is 0 Å². The summed E-state index contributed by atoms with van der Waals surface area (Å²) in [6.07, 6.45) is 17.4. The van der Waals surface area contributed by atoms with Crippen LogP contribution in [0.15, 0.2) is 71.0 Å². The molecule has 6 N–H and O–H groups in total. The summed E-state index contributed by atoms with van der Waals surface area (Å²) in [5, 5.41) is 37.9. The fourth-order valence-electron chi connectivity index (χ4n) is 10.9. The number of aryl methyl sites for hydroxylation is 1. The molecule has 2 aliphatic carbocycles. The predicted molar refractivity (Wildman–Crippen MR) is 235 cm³/mol. The highest BCUT2D eigenvalue weighted by Crippen LogP contribution is 2.49. The molecule has 0 saturated heterocycles. The number of ketones is 1. The Kier molecular flexibility index (Phi) is 12.0. The number of rotatable bonds is 10. The summed E-state index contributed by atoms with van der Waals surface area (Å²) < 4.78 is 13.4. The number of nitrogens with zero attached hydrogens (tertiary/aromatic N) is 2. The molecule has 0 radical (unpaired) electrons. The van der Waals surface area contributed by atoms with E-state index in [-0.39, 0.29) is 24.3 Å². The van der Waals surface area contributed by atoms with Crippen LogP contribution in [-0.2, 0) is 24.1 Å². The topological polar surface area (TPSA) is 150 Å². The zero-order valence-corrected chi connectivity index (χ0v) is 35.5. The number of Topliss-reactive ketones (excluding diaryl/α,β-unsaturated/α-hetero) is 1. The summed E-state index contributed by atoms with van der Waals surface area (Å²) in [5.41, 5.74) is 14.1. The summed E-state index contributed by atoms with van der Waals surface area (Å²) in [6, 6.07) is 9.80. The van der Waals surface area contributed by atoms with E-state index in [1.807, 2.05) is 48.7 Å². The van der Waals surface area contributed by atoms with E-state index in [0.717, 1.165) is 97.0 Å². The fourth-order valence-corrected chi connectivity index (χ4v) is 10.9. The van der Waals surface area contributed by atoms with Gasteiger partial charge in [0.2, 0.25) is 0 Å². The van der Waals surface area contributed by atoms with Gasteiger partial charge < -0.3 is 35.4 Å². The van der Waals surface area contributed by atoms with Gasteiger partial charge in [-0.3, -0.25) is 15.1 Å². The number of hydrogen-bond donors (Lipinski definition) is 5. The van der Waals surface area contributed by atoms with Crippen molar-refractivity contribution in [2.75, 3.05) is 13.1 Å². The predicted octanol–water partition coefficient (Wildman–Crippen LogP) is 6.49. The van der Waals surface area contributed by atoms with E-state index in [0.29, 0.717) is 43.7 Å². The van der Waals surface area contributed by atoms with Crippen molar-refractivity contribution < 1.29 is 29.6 Å². The van der Waals surface area contributed by atoms with Crippen LogP contribution in [0.2, 0.25) is 0 Å². The van der Waals surface area contributed by atoms with Crippen molar-refractivity contribution in [2.45, 2.75) is 128 Å². The highest BCUT2D eigenvalue weighted by atomic mass is 16.5. The number of carbonyl (C=O) groups excluding carboxylic acids is 1. The number of allylic oxidation sites excluding steroid dienone is 2. The summed E-state index contributed by atoms with van der Waals surface area (Å²) in [4.78, 5) is 21.2. The van der Waals surface area contributed by atoms with Gasteiger partial charge in [-0.2, -0.15) is 0 Å². The van der Waals surface area contributed by atoms with Crippen LogP contribution in [0.5, 0.6) is 11.5 Å². The normalized spacial score (nSPS) is 28.9. The molecule has 61 heavy (non-hydrogen) atoms. The minimum Gasteiger partial charge on any atom is -0.465 e. The number of ether oxygens (including phenoxy) is 2. The van der Waals surface area contributed by atoms with Crippen molar-refractivity contribution in [3.8, 4) is 35.4 Å². The first-order valence-corrected chi connectivity index (χ1v) is 22.7. The standard InChI is InChI=1S/C51H60N4O6/c1-3-4-5-8-37(48(59)38-12-9-31(2)25-45(38)58)44(57)16-10-32-11-18-46-47(26-32)61-50-41(51(22-24-60-46)20-6-7-21-51)15-17-43(56)35-13-14-36-34(19-23-53-49(36)52)39(35)27-33-28-54-42-30-55(50)29-40(33)42/h9,11-14,18,26,28-29,31,37-38,41,43,45,48-50,53,56,58-59H,3-8,10,16,19-21,23,25,27,30,52H2,1-2H3. The van der Waals surface area contributed by atoms with Crippen LogP contribution in [0.3, 0.4) is 0 Å². The van der Waals surface area contributed by atoms with E-state index in [9.17, 15) is 20.1 Å². The van der Waals surface area contributed by atoms with E-state index >= 15 is 0 Å². The number of aliphatic hydroxyl groups is 3. The molecule has 2 aromatic carbocycles. The largest absolute Gasteiger partial charge is 0.465 e. The number of nitrogens with one attached hydrogen (secondary N) is 1. The average Bonchev–Trinajstić information content (AvgIpc) is 4.00. The Balaban J connectivity index is 1.04. The molecule has 1 saturated carbocycles. The third-order valence-corrected chi connectivity index (χ3v) is 14.4. The van der Waals surface area contributed by atoms with E-state index in [1.165, 1.54) is 5.56 Å². The van der Waals surface area contributed by atoms with E-state index in [1.54, 1.807) is 0 Å². The molecule has 9 atom stereocenters. The van der Waals surface area contributed by atoms with Crippen molar-refractivity contribution in [1.82, 2.24) is 10.2 Å². The van der Waals surface area contributed by atoms with Crippen molar-refractivity contribution >= 4 is 11.5 Å². The molecule has 1 fully saturated rings. The Morgan fingerprint density at radius 1 is 1.08 bits per heavy atom.